The van der Waals surface area contributed by atoms with Gasteiger partial charge in [-0.2, -0.15) is 0 Å². The van der Waals surface area contributed by atoms with E-state index in [1.165, 1.54) is 11.8 Å². The van der Waals surface area contributed by atoms with Crippen molar-refractivity contribution in [2.45, 2.75) is 52.2 Å². The molecule has 0 aliphatic carbocycles. The van der Waals surface area contributed by atoms with Crippen LogP contribution in [0.2, 0.25) is 0 Å². The van der Waals surface area contributed by atoms with E-state index >= 15 is 0 Å². The summed E-state index contributed by atoms with van der Waals surface area (Å²) in [6, 6.07) is -0.527. The molecule has 1 fully saturated rings. The van der Waals surface area contributed by atoms with E-state index in [1.807, 2.05) is 0 Å². The zero-order chi connectivity index (χ0) is 14.6. The van der Waals surface area contributed by atoms with Gasteiger partial charge in [0.05, 0.1) is 6.54 Å². The molecule has 2 amide bonds. The van der Waals surface area contributed by atoms with E-state index in [0.717, 1.165) is 6.42 Å². The minimum atomic E-state index is -0.563. The number of hydrogen-bond donors (Lipinski definition) is 1. The molecule has 6 nitrogen and oxygen atoms in total. The summed E-state index contributed by atoms with van der Waals surface area (Å²) in [5.41, 5.74) is -0.563. The van der Waals surface area contributed by atoms with Crippen molar-refractivity contribution in [3.63, 3.8) is 0 Å². The molecule has 1 saturated heterocycles. The molecular formula is C13H22N2O4. The summed E-state index contributed by atoms with van der Waals surface area (Å²) in [7, 11) is 0. The fraction of sp³-hybridized carbons (Fsp3) is 0.769. The maximum Gasteiger partial charge on any atom is 0.329 e. The van der Waals surface area contributed by atoms with Gasteiger partial charge in [-0.1, -0.05) is 0 Å². The Morgan fingerprint density at radius 1 is 1.32 bits per heavy atom. The van der Waals surface area contributed by atoms with Gasteiger partial charge in [0, 0.05) is 13.5 Å². The molecule has 0 saturated carbocycles. The van der Waals surface area contributed by atoms with Crippen molar-refractivity contribution < 1.29 is 19.1 Å². The molecule has 6 heteroatoms. The Kier molecular flexibility index (Phi) is 4.91. The first kappa shape index (κ1) is 15.5. The first-order valence-corrected chi connectivity index (χ1v) is 6.47. The van der Waals surface area contributed by atoms with Gasteiger partial charge in [-0.3, -0.25) is 9.59 Å². The third-order valence-electron chi connectivity index (χ3n) is 2.74. The number of ether oxygens (including phenoxy) is 1. The molecule has 1 aliphatic heterocycles. The van der Waals surface area contributed by atoms with E-state index in [-0.39, 0.29) is 24.3 Å². The van der Waals surface area contributed by atoms with Gasteiger partial charge in [0.1, 0.15) is 11.6 Å². The lowest BCUT2D eigenvalue weighted by atomic mass is 10.1. The zero-order valence-electron chi connectivity index (χ0n) is 12.0. The highest BCUT2D eigenvalue weighted by molar-refractivity contribution is 5.88. The van der Waals surface area contributed by atoms with Crippen molar-refractivity contribution in [2.75, 3.05) is 13.1 Å². The van der Waals surface area contributed by atoms with Crippen molar-refractivity contribution in [3.05, 3.63) is 0 Å². The molecule has 1 aliphatic rings. The SMILES string of the molecule is CC(=O)NCC(=O)N1CCC[C@@H]1C(=O)OC(C)(C)C. The van der Waals surface area contributed by atoms with Crippen LogP contribution in [0.3, 0.4) is 0 Å². The summed E-state index contributed by atoms with van der Waals surface area (Å²) < 4.78 is 5.31. The van der Waals surface area contributed by atoms with Crippen molar-refractivity contribution in [2.24, 2.45) is 0 Å². The number of amides is 2. The predicted molar refractivity (Wildman–Crippen MR) is 69.3 cm³/mol. The fourth-order valence-electron chi connectivity index (χ4n) is 1.98. The van der Waals surface area contributed by atoms with Crippen LogP contribution in [-0.2, 0) is 19.1 Å². The first-order chi connectivity index (χ1) is 8.70. The van der Waals surface area contributed by atoms with Gasteiger partial charge >= 0.3 is 5.97 Å². The summed E-state index contributed by atoms with van der Waals surface area (Å²) in [5.74, 6) is -0.883. The number of likely N-dealkylation sites (tertiary alicyclic amines) is 1. The lowest BCUT2D eigenvalue weighted by Gasteiger charge is -2.27. The van der Waals surface area contributed by atoms with Crippen LogP contribution >= 0.6 is 0 Å². The predicted octanol–water partition coefficient (Wildman–Crippen LogP) is 0.455. The molecule has 0 bridgehead atoms. The van der Waals surface area contributed by atoms with E-state index < -0.39 is 11.6 Å². The number of rotatable bonds is 3. The Morgan fingerprint density at radius 2 is 1.95 bits per heavy atom. The van der Waals surface area contributed by atoms with E-state index in [1.54, 1.807) is 20.8 Å². The number of carbonyl (C=O) groups excluding carboxylic acids is 3. The van der Waals surface area contributed by atoms with Gasteiger partial charge in [0.15, 0.2) is 0 Å². The Labute approximate surface area is 113 Å². The third kappa shape index (κ3) is 4.89. The number of esters is 1. The Bertz CT molecular complexity index is 373. The molecule has 1 rings (SSSR count). The number of carbonyl (C=O) groups is 3. The van der Waals surface area contributed by atoms with Gasteiger partial charge in [-0.25, -0.2) is 4.79 Å². The Hall–Kier alpha value is -1.59. The minimum absolute atomic E-state index is 0.0748. The normalized spacial score (nSPS) is 19.2. The van der Waals surface area contributed by atoms with E-state index in [0.29, 0.717) is 13.0 Å². The van der Waals surface area contributed by atoms with Crippen LogP contribution in [0, 0.1) is 0 Å². The molecule has 1 heterocycles. The van der Waals surface area contributed by atoms with Crippen LogP contribution in [0.15, 0.2) is 0 Å². The maximum absolute atomic E-state index is 12.0. The smallest absolute Gasteiger partial charge is 0.329 e. The molecule has 108 valence electrons. The van der Waals surface area contributed by atoms with Crippen LogP contribution in [0.5, 0.6) is 0 Å². The van der Waals surface area contributed by atoms with Crippen LogP contribution in [-0.4, -0.2) is 47.4 Å². The number of nitrogens with one attached hydrogen (secondary N) is 1. The van der Waals surface area contributed by atoms with Crippen molar-refractivity contribution in [1.29, 1.82) is 0 Å². The second kappa shape index (κ2) is 6.04. The van der Waals surface area contributed by atoms with Gasteiger partial charge in [-0.05, 0) is 33.6 Å². The summed E-state index contributed by atoms with van der Waals surface area (Å²) >= 11 is 0. The Morgan fingerprint density at radius 3 is 2.47 bits per heavy atom. The summed E-state index contributed by atoms with van der Waals surface area (Å²) in [5, 5.41) is 2.45. The monoisotopic (exact) mass is 270 g/mol. The molecule has 0 aromatic carbocycles. The molecular weight excluding hydrogens is 248 g/mol. The second-order valence-electron chi connectivity index (χ2n) is 5.69. The molecule has 0 aromatic heterocycles. The average molecular weight is 270 g/mol. The van der Waals surface area contributed by atoms with Gasteiger partial charge in [0.2, 0.25) is 11.8 Å². The second-order valence-corrected chi connectivity index (χ2v) is 5.69. The minimum Gasteiger partial charge on any atom is -0.458 e. The van der Waals surface area contributed by atoms with Gasteiger partial charge < -0.3 is 15.0 Å². The highest BCUT2D eigenvalue weighted by atomic mass is 16.6. The molecule has 1 atom stereocenters. The van der Waals surface area contributed by atoms with E-state index in [9.17, 15) is 14.4 Å². The van der Waals surface area contributed by atoms with Crippen molar-refractivity contribution in [3.8, 4) is 0 Å². The number of nitrogens with zero attached hydrogens (tertiary/aromatic N) is 1. The molecule has 0 radical (unpaired) electrons. The first-order valence-electron chi connectivity index (χ1n) is 6.47. The topological polar surface area (TPSA) is 75.7 Å². The van der Waals surface area contributed by atoms with Crippen LogP contribution < -0.4 is 5.32 Å². The highest BCUT2D eigenvalue weighted by Crippen LogP contribution is 2.21. The summed E-state index contributed by atoms with van der Waals surface area (Å²) in [4.78, 5) is 36.2. The van der Waals surface area contributed by atoms with Gasteiger partial charge in [0.25, 0.3) is 0 Å². The Balaban J connectivity index is 2.60. The fourth-order valence-corrected chi connectivity index (χ4v) is 1.98. The van der Waals surface area contributed by atoms with Gasteiger partial charge in [-0.15, -0.1) is 0 Å². The van der Waals surface area contributed by atoms with Crippen molar-refractivity contribution in [1.82, 2.24) is 10.2 Å². The van der Waals surface area contributed by atoms with E-state index in [4.69, 9.17) is 4.74 Å². The molecule has 1 N–H and O–H groups in total. The molecule has 19 heavy (non-hydrogen) atoms. The molecule has 0 aromatic rings. The zero-order valence-corrected chi connectivity index (χ0v) is 12.0. The lowest BCUT2D eigenvalue weighted by Crippen LogP contribution is -2.47. The van der Waals surface area contributed by atoms with E-state index in [2.05, 4.69) is 5.32 Å². The average Bonchev–Trinajstić information content (AvgIpc) is 2.72. The maximum atomic E-state index is 12.0. The molecule has 0 unspecified atom stereocenters. The summed E-state index contributed by atoms with van der Waals surface area (Å²) in [6.07, 6.45) is 1.39. The largest absolute Gasteiger partial charge is 0.458 e. The van der Waals surface area contributed by atoms with Crippen LogP contribution in [0.25, 0.3) is 0 Å². The van der Waals surface area contributed by atoms with Crippen molar-refractivity contribution >= 4 is 17.8 Å². The third-order valence-corrected chi connectivity index (χ3v) is 2.74. The van der Waals surface area contributed by atoms with Crippen LogP contribution in [0.1, 0.15) is 40.5 Å². The summed E-state index contributed by atoms with van der Waals surface area (Å²) in [6.45, 7) is 7.19. The molecule has 0 spiro atoms. The highest BCUT2D eigenvalue weighted by Gasteiger charge is 2.36. The van der Waals surface area contributed by atoms with Crippen LogP contribution in [0.4, 0.5) is 0 Å². The lowest BCUT2D eigenvalue weighted by molar-refractivity contribution is -0.163. The number of hydrogen-bond acceptors (Lipinski definition) is 4. The quantitative estimate of drug-likeness (QED) is 0.756. The standard InChI is InChI=1S/C13H22N2O4/c1-9(16)14-8-11(17)15-7-5-6-10(15)12(18)19-13(2,3)4/h10H,5-8H2,1-4H3,(H,14,16)/t10-/m1/s1.